The van der Waals surface area contributed by atoms with Crippen molar-refractivity contribution in [2.45, 2.75) is 11.8 Å². The van der Waals surface area contributed by atoms with Gasteiger partial charge in [-0.15, -0.1) is 0 Å². The summed E-state index contributed by atoms with van der Waals surface area (Å²) in [5, 5.41) is 10.7. The molecule has 0 unspecified atom stereocenters. The summed E-state index contributed by atoms with van der Waals surface area (Å²) in [7, 11) is 0. The van der Waals surface area contributed by atoms with Gasteiger partial charge in [0.1, 0.15) is 5.75 Å². The molecule has 2 atom stereocenters. The Balaban J connectivity index is 1.57. The maximum absolute atomic E-state index is 13.6. The van der Waals surface area contributed by atoms with Crippen LogP contribution < -0.4 is 4.90 Å². The third-order valence-electron chi connectivity index (χ3n) is 6.63. The molecule has 3 aromatic carbocycles. The van der Waals surface area contributed by atoms with Crippen molar-refractivity contribution in [2.75, 3.05) is 4.90 Å². The minimum Gasteiger partial charge on any atom is -0.506 e. The Bertz CT molecular complexity index is 1100. The fourth-order valence-electron chi connectivity index (χ4n) is 5.60. The van der Waals surface area contributed by atoms with E-state index in [9.17, 15) is 14.7 Å². The van der Waals surface area contributed by atoms with Gasteiger partial charge in [0.2, 0.25) is 11.8 Å². The Kier molecular flexibility index (Phi) is 3.31. The van der Waals surface area contributed by atoms with Crippen molar-refractivity contribution in [3.05, 3.63) is 94.0 Å². The van der Waals surface area contributed by atoms with Crippen LogP contribution in [0.1, 0.15) is 34.1 Å². The van der Waals surface area contributed by atoms with Gasteiger partial charge in [0.15, 0.2) is 0 Å². The number of phenolic OH excluding ortho intramolecular Hbond substituents is 1. The molecule has 1 aliphatic heterocycles. The molecule has 3 aliphatic carbocycles. The SMILES string of the molecule is O=C1[C@@H]2C3c4ccccc4C(c4ccccc43)[C@@H]2C(=O)N1c1ccc(Cl)cc1O. The summed E-state index contributed by atoms with van der Waals surface area (Å²) in [6.45, 7) is 0. The van der Waals surface area contributed by atoms with Crippen LogP contribution in [-0.2, 0) is 9.59 Å². The normalized spacial score (nSPS) is 26.3. The lowest BCUT2D eigenvalue weighted by atomic mass is 9.55. The molecule has 2 bridgehead atoms. The van der Waals surface area contributed by atoms with E-state index in [2.05, 4.69) is 24.3 Å². The van der Waals surface area contributed by atoms with Crippen LogP contribution in [-0.4, -0.2) is 16.9 Å². The molecule has 142 valence electrons. The van der Waals surface area contributed by atoms with Crippen molar-refractivity contribution in [2.24, 2.45) is 11.8 Å². The Morgan fingerprint density at radius 3 is 1.59 bits per heavy atom. The molecule has 1 heterocycles. The monoisotopic (exact) mass is 401 g/mol. The number of carbonyl (C=O) groups is 2. The molecule has 4 aliphatic rings. The van der Waals surface area contributed by atoms with Crippen LogP contribution in [0.5, 0.6) is 5.75 Å². The molecule has 1 saturated heterocycles. The molecular weight excluding hydrogens is 386 g/mol. The standard InChI is InChI=1S/C24H16ClNO3/c25-12-9-10-17(18(27)11-12)26-23(28)21-19-13-5-1-2-6-14(13)20(22(21)24(26)29)16-8-4-3-7-15(16)19/h1-11,19-22,27H/t19?,20?,21-,22+. The molecule has 0 radical (unpaired) electrons. The van der Waals surface area contributed by atoms with Gasteiger partial charge in [-0.3, -0.25) is 9.59 Å². The second kappa shape index (κ2) is 5.71. The van der Waals surface area contributed by atoms with E-state index in [0.29, 0.717) is 5.02 Å². The van der Waals surface area contributed by atoms with Crippen molar-refractivity contribution in [3.63, 3.8) is 0 Å². The van der Waals surface area contributed by atoms with Crippen LogP contribution >= 0.6 is 11.6 Å². The molecule has 0 saturated carbocycles. The zero-order chi connectivity index (χ0) is 19.9. The molecule has 3 aromatic rings. The Hall–Kier alpha value is -3.11. The van der Waals surface area contributed by atoms with Crippen molar-refractivity contribution in [3.8, 4) is 5.75 Å². The van der Waals surface area contributed by atoms with Gasteiger partial charge in [-0.25, -0.2) is 4.90 Å². The molecule has 0 spiro atoms. The van der Waals surface area contributed by atoms with E-state index in [1.807, 2.05) is 24.3 Å². The van der Waals surface area contributed by atoms with Crippen molar-refractivity contribution in [1.82, 2.24) is 0 Å². The molecule has 1 fully saturated rings. The second-order valence-corrected chi connectivity index (χ2v) is 8.35. The Labute approximate surface area is 172 Å². The summed E-state index contributed by atoms with van der Waals surface area (Å²) in [5.74, 6) is -1.92. The van der Waals surface area contributed by atoms with E-state index in [1.165, 1.54) is 17.0 Å². The number of nitrogens with zero attached hydrogens (tertiary/aromatic N) is 1. The van der Waals surface area contributed by atoms with Crippen molar-refractivity contribution < 1.29 is 14.7 Å². The lowest BCUT2D eigenvalue weighted by molar-refractivity contribution is -0.122. The average molecular weight is 402 g/mol. The average Bonchev–Trinajstić information content (AvgIpc) is 2.99. The number of hydrogen-bond acceptors (Lipinski definition) is 3. The van der Waals surface area contributed by atoms with Gasteiger partial charge in [-0.1, -0.05) is 60.1 Å². The topological polar surface area (TPSA) is 57.6 Å². The van der Waals surface area contributed by atoms with Gasteiger partial charge in [0, 0.05) is 22.9 Å². The minimum absolute atomic E-state index is 0.159. The molecule has 2 amide bonds. The first-order valence-corrected chi connectivity index (χ1v) is 9.99. The molecule has 4 nitrogen and oxygen atoms in total. The first kappa shape index (κ1) is 16.8. The Morgan fingerprint density at radius 2 is 1.17 bits per heavy atom. The molecule has 29 heavy (non-hydrogen) atoms. The summed E-state index contributed by atoms with van der Waals surface area (Å²) in [6.07, 6.45) is 0. The summed E-state index contributed by atoms with van der Waals surface area (Å²) in [4.78, 5) is 28.3. The number of imide groups is 1. The lowest BCUT2D eigenvalue weighted by Crippen LogP contribution is -2.41. The van der Waals surface area contributed by atoms with Crippen LogP contribution in [0.3, 0.4) is 0 Å². The van der Waals surface area contributed by atoms with Gasteiger partial charge < -0.3 is 5.11 Å². The number of carbonyl (C=O) groups excluding carboxylic acids is 2. The molecule has 7 rings (SSSR count). The van der Waals surface area contributed by atoms with Gasteiger partial charge >= 0.3 is 0 Å². The largest absolute Gasteiger partial charge is 0.506 e. The number of halogens is 1. The highest BCUT2D eigenvalue weighted by molar-refractivity contribution is 6.31. The number of amides is 2. The van der Waals surface area contributed by atoms with Crippen LogP contribution in [0.15, 0.2) is 66.7 Å². The fraction of sp³-hybridized carbons (Fsp3) is 0.167. The van der Waals surface area contributed by atoms with Gasteiger partial charge in [-0.05, 0) is 34.4 Å². The summed E-state index contributed by atoms with van der Waals surface area (Å²) in [6, 6.07) is 20.7. The summed E-state index contributed by atoms with van der Waals surface area (Å²) < 4.78 is 0. The van der Waals surface area contributed by atoms with E-state index in [-0.39, 0.29) is 35.1 Å². The van der Waals surface area contributed by atoms with Crippen molar-refractivity contribution in [1.29, 1.82) is 0 Å². The maximum atomic E-state index is 13.6. The van der Waals surface area contributed by atoms with Gasteiger partial charge in [-0.2, -0.15) is 0 Å². The number of hydrogen-bond donors (Lipinski definition) is 1. The zero-order valence-electron chi connectivity index (χ0n) is 15.2. The number of anilines is 1. The predicted octanol–water partition coefficient (Wildman–Crippen LogP) is 4.44. The fourth-order valence-corrected chi connectivity index (χ4v) is 5.77. The third kappa shape index (κ3) is 2.04. The lowest BCUT2D eigenvalue weighted by Gasteiger charge is -2.45. The quantitative estimate of drug-likeness (QED) is 0.613. The van der Waals surface area contributed by atoms with Crippen LogP contribution in [0.2, 0.25) is 5.02 Å². The maximum Gasteiger partial charge on any atom is 0.238 e. The highest BCUT2D eigenvalue weighted by Gasteiger charge is 2.62. The predicted molar refractivity (Wildman–Crippen MR) is 109 cm³/mol. The van der Waals surface area contributed by atoms with E-state index >= 15 is 0 Å². The van der Waals surface area contributed by atoms with E-state index in [0.717, 1.165) is 22.3 Å². The van der Waals surface area contributed by atoms with E-state index in [4.69, 9.17) is 11.6 Å². The second-order valence-electron chi connectivity index (χ2n) is 7.91. The van der Waals surface area contributed by atoms with Crippen LogP contribution in [0.25, 0.3) is 0 Å². The van der Waals surface area contributed by atoms with Crippen molar-refractivity contribution >= 4 is 29.1 Å². The van der Waals surface area contributed by atoms with E-state index < -0.39 is 11.8 Å². The van der Waals surface area contributed by atoms with Crippen LogP contribution in [0, 0.1) is 11.8 Å². The van der Waals surface area contributed by atoms with Gasteiger partial charge in [0.05, 0.1) is 17.5 Å². The first-order valence-electron chi connectivity index (χ1n) is 9.62. The summed E-state index contributed by atoms with van der Waals surface area (Å²) in [5.41, 5.74) is 4.70. The van der Waals surface area contributed by atoms with Crippen LogP contribution in [0.4, 0.5) is 5.69 Å². The third-order valence-corrected chi connectivity index (χ3v) is 6.86. The highest BCUT2D eigenvalue weighted by Crippen LogP contribution is 2.61. The number of phenols is 1. The smallest absolute Gasteiger partial charge is 0.238 e. The molecular formula is C24H16ClNO3. The Morgan fingerprint density at radius 1 is 0.724 bits per heavy atom. The first-order chi connectivity index (χ1) is 14.1. The number of benzene rings is 3. The molecule has 5 heteroatoms. The number of rotatable bonds is 1. The van der Waals surface area contributed by atoms with E-state index in [1.54, 1.807) is 6.07 Å². The molecule has 1 N–H and O–H groups in total. The minimum atomic E-state index is -0.465. The summed E-state index contributed by atoms with van der Waals surface area (Å²) >= 11 is 5.95. The zero-order valence-corrected chi connectivity index (χ0v) is 16.0. The molecule has 0 aromatic heterocycles. The highest BCUT2D eigenvalue weighted by atomic mass is 35.5. The van der Waals surface area contributed by atoms with Gasteiger partial charge in [0.25, 0.3) is 0 Å². The number of aromatic hydroxyl groups is 1.